The number of rotatable bonds is 5. The maximum absolute atomic E-state index is 14.0. The van der Waals surface area contributed by atoms with Gasteiger partial charge in [0.05, 0.1) is 5.56 Å². The molecule has 0 bridgehead atoms. The molecule has 1 aliphatic rings. The second-order valence-corrected chi connectivity index (χ2v) is 7.24. The Balaban J connectivity index is 2.28. The first kappa shape index (κ1) is 16.2. The average molecular weight is 336 g/mol. The predicted molar refractivity (Wildman–Crippen MR) is 75.5 cm³/mol. The zero-order valence-electron chi connectivity index (χ0n) is 11.1. The van der Waals surface area contributed by atoms with Crippen molar-refractivity contribution in [1.82, 2.24) is 4.72 Å². The summed E-state index contributed by atoms with van der Waals surface area (Å²) in [5, 5.41) is 8.73. The van der Waals surface area contributed by atoms with E-state index in [1.165, 1.54) is 0 Å². The van der Waals surface area contributed by atoms with Crippen molar-refractivity contribution in [2.24, 2.45) is 5.92 Å². The van der Waals surface area contributed by atoms with Gasteiger partial charge in [-0.15, -0.1) is 0 Å². The number of nitrogens with one attached hydrogen (secondary N) is 1. The van der Waals surface area contributed by atoms with Gasteiger partial charge in [-0.2, -0.15) is 0 Å². The Morgan fingerprint density at radius 3 is 2.57 bits per heavy atom. The Hall–Kier alpha value is -1.18. The highest BCUT2D eigenvalue weighted by atomic mass is 35.5. The first-order valence-corrected chi connectivity index (χ1v) is 8.39. The molecule has 1 aromatic carbocycles. The summed E-state index contributed by atoms with van der Waals surface area (Å²) in [7, 11) is -4.13. The molecule has 8 heteroatoms. The quantitative estimate of drug-likeness (QED) is 0.866. The van der Waals surface area contributed by atoms with E-state index in [9.17, 15) is 17.6 Å². The summed E-state index contributed by atoms with van der Waals surface area (Å²) in [5.74, 6) is -2.63. The fourth-order valence-electron chi connectivity index (χ4n) is 2.44. The molecule has 0 heterocycles. The third-order valence-corrected chi connectivity index (χ3v) is 5.20. The molecular weight excluding hydrogens is 321 g/mol. The summed E-state index contributed by atoms with van der Waals surface area (Å²) in [6, 6.07) is 1.80. The maximum atomic E-state index is 14.0. The summed E-state index contributed by atoms with van der Waals surface area (Å²) in [5.41, 5.74) is -0.760. The van der Waals surface area contributed by atoms with Crippen LogP contribution in [0.4, 0.5) is 4.39 Å². The summed E-state index contributed by atoms with van der Waals surface area (Å²) in [6.45, 7) is 0.219. The topological polar surface area (TPSA) is 83.5 Å². The largest absolute Gasteiger partial charge is 0.478 e. The highest BCUT2D eigenvalue weighted by molar-refractivity contribution is 7.89. The number of hydrogen-bond acceptors (Lipinski definition) is 3. The Morgan fingerprint density at radius 1 is 1.38 bits per heavy atom. The standard InChI is InChI=1S/C13H15ClFNO4S/c14-9-5-10(13(17)18)12(15)11(6-9)21(19,20)16-7-8-3-1-2-4-8/h5-6,8,16H,1-4,7H2,(H,17,18). The molecule has 0 radical (unpaired) electrons. The molecule has 0 amide bonds. The summed E-state index contributed by atoms with van der Waals surface area (Å²) in [4.78, 5) is 10.2. The number of sulfonamides is 1. The van der Waals surface area contributed by atoms with Crippen molar-refractivity contribution in [3.05, 3.63) is 28.5 Å². The number of carboxylic acids is 1. The Morgan fingerprint density at radius 2 is 2.00 bits per heavy atom. The first-order chi connectivity index (χ1) is 9.81. The van der Waals surface area contributed by atoms with E-state index in [2.05, 4.69) is 4.72 Å². The lowest BCUT2D eigenvalue weighted by Gasteiger charge is -2.12. The number of aromatic carboxylic acids is 1. The number of carboxylic acid groups (broad SMARTS) is 1. The average Bonchev–Trinajstić information content (AvgIpc) is 2.91. The van der Waals surface area contributed by atoms with Crippen LogP contribution in [-0.4, -0.2) is 26.0 Å². The smallest absolute Gasteiger partial charge is 0.338 e. The van der Waals surface area contributed by atoms with Gasteiger partial charge >= 0.3 is 5.97 Å². The second-order valence-electron chi connectivity index (χ2n) is 5.07. The van der Waals surface area contributed by atoms with Crippen molar-refractivity contribution in [3.8, 4) is 0 Å². The molecule has 0 unspecified atom stereocenters. The van der Waals surface area contributed by atoms with Crippen LogP contribution in [0.5, 0.6) is 0 Å². The van der Waals surface area contributed by atoms with Crippen molar-refractivity contribution in [1.29, 1.82) is 0 Å². The Kier molecular flexibility index (Phi) is 4.85. The summed E-state index contributed by atoms with van der Waals surface area (Å²) in [6.07, 6.45) is 3.98. The zero-order valence-corrected chi connectivity index (χ0v) is 12.7. The molecule has 0 saturated heterocycles. The lowest BCUT2D eigenvalue weighted by atomic mass is 10.1. The van der Waals surface area contributed by atoms with E-state index in [0.717, 1.165) is 37.8 Å². The van der Waals surface area contributed by atoms with Gasteiger partial charge in [0.15, 0.2) is 5.82 Å². The van der Waals surface area contributed by atoms with Gasteiger partial charge in [0.2, 0.25) is 10.0 Å². The molecule has 21 heavy (non-hydrogen) atoms. The van der Waals surface area contributed by atoms with Gasteiger partial charge < -0.3 is 5.11 Å². The van der Waals surface area contributed by atoms with Gasteiger partial charge in [-0.05, 0) is 30.9 Å². The molecule has 0 aliphatic heterocycles. The number of halogens is 2. The van der Waals surface area contributed by atoms with E-state index in [-0.39, 0.29) is 17.5 Å². The summed E-state index contributed by atoms with van der Waals surface area (Å²) < 4.78 is 40.6. The van der Waals surface area contributed by atoms with E-state index >= 15 is 0 Å². The van der Waals surface area contributed by atoms with Crippen LogP contribution in [0.2, 0.25) is 5.02 Å². The van der Waals surface area contributed by atoms with Gasteiger partial charge in [-0.1, -0.05) is 24.4 Å². The molecule has 0 atom stereocenters. The monoisotopic (exact) mass is 335 g/mol. The first-order valence-electron chi connectivity index (χ1n) is 6.53. The lowest BCUT2D eigenvalue weighted by Crippen LogP contribution is -2.29. The highest BCUT2D eigenvalue weighted by Crippen LogP contribution is 2.26. The number of benzene rings is 1. The highest BCUT2D eigenvalue weighted by Gasteiger charge is 2.26. The van der Waals surface area contributed by atoms with Crippen LogP contribution < -0.4 is 4.72 Å². The van der Waals surface area contributed by atoms with Crippen LogP contribution in [0.25, 0.3) is 0 Å². The van der Waals surface area contributed by atoms with Crippen LogP contribution in [0, 0.1) is 11.7 Å². The van der Waals surface area contributed by atoms with Gasteiger partial charge in [0.1, 0.15) is 4.90 Å². The van der Waals surface area contributed by atoms with Crippen molar-refractivity contribution in [2.75, 3.05) is 6.54 Å². The molecule has 1 fully saturated rings. The molecule has 1 aliphatic carbocycles. The van der Waals surface area contributed by atoms with Crippen molar-refractivity contribution in [3.63, 3.8) is 0 Å². The van der Waals surface area contributed by atoms with Crippen LogP contribution in [0.15, 0.2) is 17.0 Å². The van der Waals surface area contributed by atoms with E-state index < -0.39 is 32.3 Å². The molecule has 116 valence electrons. The van der Waals surface area contributed by atoms with E-state index in [0.29, 0.717) is 0 Å². The zero-order chi connectivity index (χ0) is 15.6. The third-order valence-electron chi connectivity index (χ3n) is 3.56. The van der Waals surface area contributed by atoms with E-state index in [1.807, 2.05) is 0 Å². The fraction of sp³-hybridized carbons (Fsp3) is 0.462. The van der Waals surface area contributed by atoms with Crippen molar-refractivity contribution >= 4 is 27.6 Å². The maximum Gasteiger partial charge on any atom is 0.338 e. The fourth-order valence-corrected chi connectivity index (χ4v) is 3.96. The second kappa shape index (κ2) is 6.29. The minimum atomic E-state index is -4.13. The molecular formula is C13H15ClFNO4S. The van der Waals surface area contributed by atoms with E-state index in [1.54, 1.807) is 0 Å². The minimum Gasteiger partial charge on any atom is -0.478 e. The molecule has 2 rings (SSSR count). The lowest BCUT2D eigenvalue weighted by molar-refractivity contribution is 0.0691. The normalized spacial score (nSPS) is 16.3. The van der Waals surface area contributed by atoms with Crippen molar-refractivity contribution in [2.45, 2.75) is 30.6 Å². The Labute approximate surface area is 127 Å². The van der Waals surface area contributed by atoms with Gasteiger partial charge in [-0.25, -0.2) is 22.3 Å². The minimum absolute atomic E-state index is 0.143. The van der Waals surface area contributed by atoms with Gasteiger partial charge in [-0.3, -0.25) is 0 Å². The van der Waals surface area contributed by atoms with Gasteiger partial charge in [0.25, 0.3) is 0 Å². The van der Waals surface area contributed by atoms with Gasteiger partial charge in [0, 0.05) is 11.6 Å². The molecule has 0 spiro atoms. The summed E-state index contributed by atoms with van der Waals surface area (Å²) >= 11 is 5.68. The molecule has 2 N–H and O–H groups in total. The molecule has 5 nitrogen and oxygen atoms in total. The van der Waals surface area contributed by atoms with Crippen LogP contribution in [-0.2, 0) is 10.0 Å². The SMILES string of the molecule is O=C(O)c1cc(Cl)cc(S(=O)(=O)NCC2CCCC2)c1F. The van der Waals surface area contributed by atoms with Crippen LogP contribution >= 0.6 is 11.6 Å². The molecule has 0 aromatic heterocycles. The Bertz CT molecular complexity index is 656. The van der Waals surface area contributed by atoms with E-state index in [4.69, 9.17) is 16.7 Å². The van der Waals surface area contributed by atoms with Crippen molar-refractivity contribution < 1.29 is 22.7 Å². The molecule has 1 aromatic rings. The number of hydrogen-bond donors (Lipinski definition) is 2. The third kappa shape index (κ3) is 3.72. The predicted octanol–water partition coefficient (Wildman–Crippen LogP) is 2.65. The number of carbonyl (C=O) groups is 1. The van der Waals surface area contributed by atoms with Crippen LogP contribution in [0.1, 0.15) is 36.0 Å². The molecule has 1 saturated carbocycles. The van der Waals surface area contributed by atoms with Crippen LogP contribution in [0.3, 0.4) is 0 Å².